The van der Waals surface area contributed by atoms with Crippen LogP contribution in [-0.4, -0.2) is 59.9 Å². The van der Waals surface area contributed by atoms with E-state index in [0.717, 1.165) is 35.7 Å². The zero-order valence-corrected chi connectivity index (χ0v) is 25.9. The first-order valence-corrected chi connectivity index (χ1v) is 16.1. The summed E-state index contributed by atoms with van der Waals surface area (Å²) >= 11 is 12.5. The van der Waals surface area contributed by atoms with E-state index in [-0.39, 0.29) is 23.8 Å². The summed E-state index contributed by atoms with van der Waals surface area (Å²) in [6, 6.07) is 13.7. The summed E-state index contributed by atoms with van der Waals surface area (Å²) < 4.78 is 5.33. The van der Waals surface area contributed by atoms with Gasteiger partial charge in [-0.15, -0.1) is 0 Å². The van der Waals surface area contributed by atoms with Gasteiger partial charge in [0.25, 0.3) is 0 Å². The number of carbonyl (C=O) groups excluding carboxylic acids is 2. The predicted molar refractivity (Wildman–Crippen MR) is 168 cm³/mol. The molecule has 224 valence electrons. The van der Waals surface area contributed by atoms with E-state index in [4.69, 9.17) is 27.9 Å². The SMILES string of the molecule is COCCCN(CC(=O)N(CCc1c[nH]c2ccccc12)Cc1ccc(Cl)c(Cl)c1)C(=O)C12CC3CC(CC(C3)C1)C2. The van der Waals surface area contributed by atoms with Crippen molar-refractivity contribution in [3.8, 4) is 0 Å². The van der Waals surface area contributed by atoms with Crippen LogP contribution in [0.5, 0.6) is 0 Å². The third-order valence-corrected chi connectivity index (χ3v) is 10.7. The number of amides is 2. The molecule has 1 heterocycles. The maximum atomic E-state index is 14.4. The number of methoxy groups -OCH3 is 1. The van der Waals surface area contributed by atoms with E-state index in [1.54, 1.807) is 13.2 Å². The molecule has 2 aromatic carbocycles. The summed E-state index contributed by atoms with van der Waals surface area (Å²) in [5.74, 6) is 2.14. The first kappa shape index (κ1) is 29.5. The van der Waals surface area contributed by atoms with Crippen LogP contribution < -0.4 is 0 Å². The van der Waals surface area contributed by atoms with Gasteiger partial charge in [0.15, 0.2) is 0 Å². The van der Waals surface area contributed by atoms with E-state index < -0.39 is 0 Å². The molecule has 0 aliphatic heterocycles. The van der Waals surface area contributed by atoms with Gasteiger partial charge >= 0.3 is 0 Å². The van der Waals surface area contributed by atoms with Crippen molar-refractivity contribution in [1.29, 1.82) is 0 Å². The molecule has 0 saturated heterocycles. The summed E-state index contributed by atoms with van der Waals surface area (Å²) in [6.07, 6.45) is 10.2. The van der Waals surface area contributed by atoms with Crippen LogP contribution in [0.15, 0.2) is 48.7 Å². The lowest BCUT2D eigenvalue weighted by molar-refractivity contribution is -0.160. The van der Waals surface area contributed by atoms with Crippen LogP contribution in [-0.2, 0) is 27.3 Å². The highest BCUT2D eigenvalue weighted by Crippen LogP contribution is 2.60. The molecule has 4 fully saturated rings. The van der Waals surface area contributed by atoms with Crippen LogP contribution in [0.1, 0.15) is 56.1 Å². The number of aromatic nitrogens is 1. The molecular formula is C34H41Cl2N3O3. The van der Waals surface area contributed by atoms with Crippen LogP contribution in [0.4, 0.5) is 0 Å². The summed E-state index contributed by atoms with van der Waals surface area (Å²) in [4.78, 5) is 35.6. The van der Waals surface area contributed by atoms with Gasteiger partial charge in [-0.2, -0.15) is 0 Å². The highest BCUT2D eigenvalue weighted by molar-refractivity contribution is 6.42. The Balaban J connectivity index is 1.22. The Kier molecular flexibility index (Phi) is 8.85. The molecule has 6 nitrogen and oxygen atoms in total. The van der Waals surface area contributed by atoms with E-state index >= 15 is 0 Å². The maximum Gasteiger partial charge on any atom is 0.242 e. The third kappa shape index (κ3) is 6.22. The number of fused-ring (bicyclic) bond motifs is 1. The number of H-pyrrole nitrogens is 1. The Bertz CT molecular complexity index is 1400. The number of rotatable bonds is 12. The lowest BCUT2D eigenvalue weighted by Crippen LogP contribution is -2.56. The fourth-order valence-corrected chi connectivity index (χ4v) is 8.69. The van der Waals surface area contributed by atoms with Crippen LogP contribution in [0.25, 0.3) is 10.9 Å². The number of ether oxygens (including phenoxy) is 1. The second-order valence-corrected chi connectivity index (χ2v) is 13.8. The fourth-order valence-electron chi connectivity index (χ4n) is 8.37. The molecule has 0 radical (unpaired) electrons. The molecule has 8 heteroatoms. The van der Waals surface area contributed by atoms with Crippen molar-refractivity contribution in [2.45, 2.75) is 57.9 Å². The zero-order valence-electron chi connectivity index (χ0n) is 24.4. The van der Waals surface area contributed by atoms with Gasteiger partial charge in [0, 0.05) is 50.5 Å². The van der Waals surface area contributed by atoms with Gasteiger partial charge in [0.1, 0.15) is 0 Å². The summed E-state index contributed by atoms with van der Waals surface area (Å²) in [7, 11) is 1.68. The van der Waals surface area contributed by atoms with Gasteiger partial charge < -0.3 is 19.5 Å². The number of aromatic amines is 1. The number of para-hydroxylation sites is 1. The Morgan fingerprint density at radius 3 is 2.36 bits per heavy atom. The normalized spacial score (nSPS) is 24.3. The minimum Gasteiger partial charge on any atom is -0.385 e. The van der Waals surface area contributed by atoms with Gasteiger partial charge in [0.05, 0.1) is 22.0 Å². The number of hydrogen-bond donors (Lipinski definition) is 1. The molecule has 0 atom stereocenters. The maximum absolute atomic E-state index is 14.4. The van der Waals surface area contributed by atoms with Crippen LogP contribution >= 0.6 is 23.2 Å². The van der Waals surface area contributed by atoms with Crippen molar-refractivity contribution in [2.75, 3.05) is 33.4 Å². The lowest BCUT2D eigenvalue weighted by atomic mass is 9.49. The topological polar surface area (TPSA) is 65.6 Å². The monoisotopic (exact) mass is 609 g/mol. The molecule has 2 amide bonds. The molecule has 7 rings (SSSR count). The Morgan fingerprint density at radius 2 is 1.67 bits per heavy atom. The van der Waals surface area contributed by atoms with Crippen LogP contribution in [0.2, 0.25) is 10.0 Å². The molecule has 4 saturated carbocycles. The number of benzene rings is 2. The second-order valence-electron chi connectivity index (χ2n) is 12.9. The van der Waals surface area contributed by atoms with Crippen LogP contribution in [0.3, 0.4) is 0 Å². The second kappa shape index (κ2) is 12.6. The average molecular weight is 611 g/mol. The van der Waals surface area contributed by atoms with Gasteiger partial charge in [-0.3, -0.25) is 9.59 Å². The van der Waals surface area contributed by atoms with E-state index in [9.17, 15) is 9.59 Å². The van der Waals surface area contributed by atoms with Gasteiger partial charge in [-0.1, -0.05) is 47.5 Å². The molecular weight excluding hydrogens is 569 g/mol. The molecule has 1 aromatic heterocycles. The van der Waals surface area contributed by atoms with E-state index in [0.29, 0.717) is 66.9 Å². The minimum absolute atomic E-state index is 0.0450. The van der Waals surface area contributed by atoms with Gasteiger partial charge in [0.2, 0.25) is 11.8 Å². The molecule has 4 aliphatic carbocycles. The standard InChI is InChI=1S/C34H41Cl2N3O3/c1-42-12-4-10-39(33(41)34-17-24-13-25(18-34)15-26(14-24)19-34)22-32(40)38(21-23-7-8-29(35)30(36)16-23)11-9-27-20-37-31-6-3-2-5-28(27)31/h2-3,5-8,16,20,24-26,37H,4,9-15,17-19,21-22H2,1H3. The Hall–Kier alpha value is -2.54. The van der Waals surface area contributed by atoms with Gasteiger partial charge in [-0.25, -0.2) is 0 Å². The average Bonchev–Trinajstić information content (AvgIpc) is 3.38. The molecule has 1 N–H and O–H groups in total. The summed E-state index contributed by atoms with van der Waals surface area (Å²) in [5.41, 5.74) is 2.87. The Morgan fingerprint density at radius 1 is 0.952 bits per heavy atom. The molecule has 0 unspecified atom stereocenters. The van der Waals surface area contributed by atoms with Crippen molar-refractivity contribution in [3.05, 3.63) is 69.8 Å². The lowest BCUT2D eigenvalue weighted by Gasteiger charge is -2.56. The van der Waals surface area contributed by atoms with E-state index in [2.05, 4.69) is 17.1 Å². The van der Waals surface area contributed by atoms with Crippen molar-refractivity contribution < 1.29 is 14.3 Å². The fraction of sp³-hybridized carbons (Fsp3) is 0.529. The summed E-state index contributed by atoms with van der Waals surface area (Å²) in [5, 5.41) is 2.12. The number of nitrogens with one attached hydrogen (secondary N) is 1. The molecule has 3 aromatic rings. The van der Waals surface area contributed by atoms with Crippen molar-refractivity contribution in [2.24, 2.45) is 23.2 Å². The minimum atomic E-state index is -0.291. The first-order chi connectivity index (χ1) is 20.3. The smallest absolute Gasteiger partial charge is 0.242 e. The van der Waals surface area contributed by atoms with E-state index in [1.807, 2.05) is 40.3 Å². The van der Waals surface area contributed by atoms with Gasteiger partial charge in [-0.05, 0) is 98.4 Å². The van der Waals surface area contributed by atoms with Crippen LogP contribution in [0, 0.1) is 23.2 Å². The zero-order chi connectivity index (χ0) is 29.3. The van der Waals surface area contributed by atoms with Crippen molar-refractivity contribution in [3.63, 3.8) is 0 Å². The number of nitrogens with zero attached hydrogens (tertiary/aromatic N) is 2. The molecule has 4 bridgehead atoms. The molecule has 4 aliphatic rings. The highest BCUT2D eigenvalue weighted by Gasteiger charge is 2.55. The quantitative estimate of drug-likeness (QED) is 0.222. The van der Waals surface area contributed by atoms with Crippen molar-refractivity contribution in [1.82, 2.24) is 14.8 Å². The highest BCUT2D eigenvalue weighted by atomic mass is 35.5. The van der Waals surface area contributed by atoms with Crippen molar-refractivity contribution >= 4 is 45.9 Å². The molecule has 0 spiro atoms. The molecule has 42 heavy (non-hydrogen) atoms. The summed E-state index contributed by atoms with van der Waals surface area (Å²) in [6.45, 7) is 2.10. The first-order valence-electron chi connectivity index (χ1n) is 15.4. The third-order valence-electron chi connectivity index (χ3n) is 9.92. The van der Waals surface area contributed by atoms with E-state index in [1.165, 1.54) is 24.8 Å². The number of hydrogen-bond acceptors (Lipinski definition) is 3. The predicted octanol–water partition coefficient (Wildman–Crippen LogP) is 7.13. The largest absolute Gasteiger partial charge is 0.385 e. The number of halogens is 2. The number of carbonyl (C=O) groups is 2. The Labute approximate surface area is 258 Å².